The minimum absolute atomic E-state index is 0.790. The molecule has 0 aliphatic carbocycles. The van der Waals surface area contributed by atoms with Crippen LogP contribution in [-0.4, -0.2) is 24.0 Å². The van der Waals surface area contributed by atoms with Crippen molar-refractivity contribution in [1.82, 2.24) is 4.90 Å². The number of nitrogens with zero attached hydrogens (tertiary/aromatic N) is 1. The van der Waals surface area contributed by atoms with Crippen LogP contribution in [0, 0.1) is 5.92 Å². The zero-order chi connectivity index (χ0) is 9.68. The van der Waals surface area contributed by atoms with Crippen molar-refractivity contribution < 1.29 is 0 Å². The quantitative estimate of drug-likeness (QED) is 0.605. The normalized spacial score (nSPS) is 25.9. The summed E-state index contributed by atoms with van der Waals surface area (Å²) >= 11 is 0. The predicted octanol–water partition coefficient (Wildman–Crippen LogP) is 3.07. The lowest BCUT2D eigenvalue weighted by Crippen LogP contribution is -2.38. The Morgan fingerprint density at radius 3 is 2.77 bits per heavy atom. The lowest BCUT2D eigenvalue weighted by Gasteiger charge is -2.31. The smallest absolute Gasteiger partial charge is 0.0163 e. The van der Waals surface area contributed by atoms with Crippen LogP contribution in [0.3, 0.4) is 0 Å². The zero-order valence-corrected chi connectivity index (χ0v) is 9.13. The van der Waals surface area contributed by atoms with Crippen LogP contribution in [0.1, 0.15) is 39.5 Å². The van der Waals surface area contributed by atoms with Crippen molar-refractivity contribution in [3.05, 3.63) is 12.7 Å². The number of rotatable bonds is 3. The first kappa shape index (κ1) is 10.8. The average Bonchev–Trinajstić information content (AvgIpc) is 2.30. The van der Waals surface area contributed by atoms with Gasteiger partial charge in [-0.1, -0.05) is 32.8 Å². The lowest BCUT2D eigenvalue weighted by atomic mass is 9.98. The molecule has 0 aromatic carbocycles. The maximum atomic E-state index is 3.84. The van der Waals surface area contributed by atoms with Gasteiger partial charge in [0.05, 0.1) is 0 Å². The molecule has 1 aliphatic heterocycles. The van der Waals surface area contributed by atoms with Crippen LogP contribution < -0.4 is 0 Å². The Bertz CT molecular complexity index is 151. The molecule has 0 amide bonds. The van der Waals surface area contributed by atoms with Crippen molar-refractivity contribution in [2.24, 2.45) is 5.92 Å². The van der Waals surface area contributed by atoms with E-state index in [0.717, 1.165) is 18.5 Å². The summed E-state index contributed by atoms with van der Waals surface area (Å²) in [6.07, 6.45) is 7.62. The van der Waals surface area contributed by atoms with Crippen LogP contribution in [0.5, 0.6) is 0 Å². The summed E-state index contributed by atoms with van der Waals surface area (Å²) in [4.78, 5) is 2.60. The number of hydrogen-bond donors (Lipinski definition) is 0. The highest BCUT2D eigenvalue weighted by atomic mass is 15.2. The summed E-state index contributed by atoms with van der Waals surface area (Å²) in [7, 11) is 0. The predicted molar refractivity (Wildman–Crippen MR) is 58.9 cm³/mol. The second-order valence-corrected chi connectivity index (χ2v) is 4.44. The van der Waals surface area contributed by atoms with Crippen LogP contribution in [0.2, 0.25) is 0 Å². The molecule has 1 aliphatic rings. The number of hydrogen-bond acceptors (Lipinski definition) is 1. The van der Waals surface area contributed by atoms with Crippen LogP contribution in [0.25, 0.3) is 0 Å². The molecule has 0 aromatic rings. The summed E-state index contributed by atoms with van der Waals surface area (Å²) in [6.45, 7) is 10.9. The van der Waals surface area contributed by atoms with Gasteiger partial charge in [-0.3, -0.25) is 4.90 Å². The Morgan fingerprint density at radius 1 is 1.38 bits per heavy atom. The van der Waals surface area contributed by atoms with E-state index in [1.165, 1.54) is 32.2 Å². The maximum absolute atomic E-state index is 3.84. The molecule has 1 fully saturated rings. The third-order valence-electron chi connectivity index (χ3n) is 3.05. The van der Waals surface area contributed by atoms with Gasteiger partial charge in [-0.2, -0.15) is 0 Å². The van der Waals surface area contributed by atoms with Gasteiger partial charge in [0.1, 0.15) is 0 Å². The van der Waals surface area contributed by atoms with Gasteiger partial charge in [0.15, 0.2) is 0 Å². The van der Waals surface area contributed by atoms with Crippen molar-refractivity contribution in [3.63, 3.8) is 0 Å². The number of likely N-dealkylation sites (tertiary alicyclic amines) is 1. The zero-order valence-electron chi connectivity index (χ0n) is 9.13. The van der Waals surface area contributed by atoms with Gasteiger partial charge in [0, 0.05) is 12.6 Å². The molecule has 1 unspecified atom stereocenters. The first-order valence-corrected chi connectivity index (χ1v) is 5.60. The van der Waals surface area contributed by atoms with Gasteiger partial charge in [0.25, 0.3) is 0 Å². The van der Waals surface area contributed by atoms with Crippen LogP contribution in [0.15, 0.2) is 12.7 Å². The Labute approximate surface area is 82.8 Å². The highest BCUT2D eigenvalue weighted by molar-refractivity contribution is 4.83. The van der Waals surface area contributed by atoms with E-state index < -0.39 is 0 Å². The SMILES string of the molecule is C=CCN1CCCCCC1C(C)C. The first-order chi connectivity index (χ1) is 6.25. The molecule has 0 spiro atoms. The van der Waals surface area contributed by atoms with Crippen molar-refractivity contribution in [2.45, 2.75) is 45.6 Å². The molecule has 0 aromatic heterocycles. The van der Waals surface area contributed by atoms with Crippen LogP contribution in [0.4, 0.5) is 0 Å². The average molecular weight is 181 g/mol. The van der Waals surface area contributed by atoms with Crippen LogP contribution >= 0.6 is 0 Å². The van der Waals surface area contributed by atoms with E-state index in [9.17, 15) is 0 Å². The van der Waals surface area contributed by atoms with Crippen LogP contribution in [-0.2, 0) is 0 Å². The van der Waals surface area contributed by atoms with Crippen molar-refractivity contribution >= 4 is 0 Å². The van der Waals surface area contributed by atoms with Crippen molar-refractivity contribution in [3.8, 4) is 0 Å². The van der Waals surface area contributed by atoms with E-state index in [2.05, 4.69) is 25.3 Å². The van der Waals surface area contributed by atoms with E-state index in [1.807, 2.05) is 6.08 Å². The fourth-order valence-corrected chi connectivity index (χ4v) is 2.34. The topological polar surface area (TPSA) is 3.24 Å². The van der Waals surface area contributed by atoms with Gasteiger partial charge < -0.3 is 0 Å². The first-order valence-electron chi connectivity index (χ1n) is 5.60. The van der Waals surface area contributed by atoms with Crippen molar-refractivity contribution in [1.29, 1.82) is 0 Å². The molecule has 76 valence electrons. The van der Waals surface area contributed by atoms with Crippen molar-refractivity contribution in [2.75, 3.05) is 13.1 Å². The fourth-order valence-electron chi connectivity index (χ4n) is 2.34. The molecule has 0 N–H and O–H groups in total. The highest BCUT2D eigenvalue weighted by Gasteiger charge is 2.22. The summed E-state index contributed by atoms with van der Waals surface area (Å²) in [5.41, 5.74) is 0. The summed E-state index contributed by atoms with van der Waals surface area (Å²) < 4.78 is 0. The maximum Gasteiger partial charge on any atom is 0.0163 e. The molecule has 0 radical (unpaired) electrons. The standard InChI is InChI=1S/C12H23N/c1-4-9-13-10-7-5-6-8-12(13)11(2)3/h4,11-12H,1,5-10H2,2-3H3. The largest absolute Gasteiger partial charge is 0.296 e. The van der Waals surface area contributed by atoms with E-state index >= 15 is 0 Å². The molecule has 1 heterocycles. The van der Waals surface area contributed by atoms with E-state index in [-0.39, 0.29) is 0 Å². The molecule has 1 rings (SSSR count). The minimum atomic E-state index is 0.790. The van der Waals surface area contributed by atoms with Gasteiger partial charge in [-0.25, -0.2) is 0 Å². The van der Waals surface area contributed by atoms with Gasteiger partial charge in [0.2, 0.25) is 0 Å². The summed E-state index contributed by atoms with van der Waals surface area (Å²) in [5.74, 6) is 0.790. The molecule has 1 nitrogen and oxygen atoms in total. The fraction of sp³-hybridized carbons (Fsp3) is 0.833. The minimum Gasteiger partial charge on any atom is -0.296 e. The van der Waals surface area contributed by atoms with Gasteiger partial charge in [-0.15, -0.1) is 6.58 Å². The summed E-state index contributed by atoms with van der Waals surface area (Å²) in [6, 6.07) is 0.792. The second-order valence-electron chi connectivity index (χ2n) is 4.44. The van der Waals surface area contributed by atoms with E-state index in [1.54, 1.807) is 0 Å². The molecule has 13 heavy (non-hydrogen) atoms. The molecular formula is C12H23N. The molecule has 0 saturated carbocycles. The third-order valence-corrected chi connectivity index (χ3v) is 3.05. The molecule has 0 bridgehead atoms. The Hall–Kier alpha value is -0.300. The molecular weight excluding hydrogens is 158 g/mol. The Morgan fingerprint density at radius 2 is 2.15 bits per heavy atom. The molecule has 1 atom stereocenters. The lowest BCUT2D eigenvalue weighted by molar-refractivity contribution is 0.174. The monoisotopic (exact) mass is 181 g/mol. The Kier molecular flexibility index (Phi) is 4.51. The Balaban J connectivity index is 2.55. The van der Waals surface area contributed by atoms with Gasteiger partial charge in [-0.05, 0) is 25.3 Å². The molecule has 1 saturated heterocycles. The van der Waals surface area contributed by atoms with E-state index in [4.69, 9.17) is 0 Å². The summed E-state index contributed by atoms with van der Waals surface area (Å²) in [5, 5.41) is 0. The van der Waals surface area contributed by atoms with E-state index in [0.29, 0.717) is 0 Å². The van der Waals surface area contributed by atoms with Gasteiger partial charge >= 0.3 is 0 Å². The second kappa shape index (κ2) is 5.43. The highest BCUT2D eigenvalue weighted by Crippen LogP contribution is 2.22. The third kappa shape index (κ3) is 3.15. The molecule has 1 heteroatoms.